The Morgan fingerprint density at radius 2 is 1.79 bits per heavy atom. The average molecular weight is 374 g/mol. The molecule has 0 aromatic heterocycles. The highest BCUT2D eigenvalue weighted by Crippen LogP contribution is 2.36. The molecule has 28 heavy (non-hydrogen) atoms. The molecule has 4 rings (SSSR count). The van der Waals surface area contributed by atoms with Crippen LogP contribution in [-0.4, -0.2) is 29.6 Å². The second kappa shape index (κ2) is 7.64. The van der Waals surface area contributed by atoms with Crippen molar-refractivity contribution in [1.29, 1.82) is 0 Å². The smallest absolute Gasteiger partial charge is 0.257 e. The molecule has 1 heterocycles. The predicted octanol–water partition coefficient (Wildman–Crippen LogP) is 4.21. The van der Waals surface area contributed by atoms with E-state index < -0.39 is 0 Å². The van der Waals surface area contributed by atoms with Crippen molar-refractivity contribution in [1.82, 2.24) is 4.90 Å². The van der Waals surface area contributed by atoms with Gasteiger partial charge in [-0.05, 0) is 41.8 Å². The van der Waals surface area contributed by atoms with Gasteiger partial charge in [-0.15, -0.1) is 0 Å². The van der Waals surface area contributed by atoms with Crippen LogP contribution in [0, 0.1) is 0 Å². The molecule has 0 unspecified atom stereocenters. The molecular weight excluding hydrogens is 352 g/mol. The standard InChI is InChI=1S/C23H22N2O3/c1-28-21-15-17(11-12-20(21)26)22-24-19-10-6-5-9-18(19)23(27)25(22)14-13-16-7-3-2-4-8-16/h2-12,15,22,24,26H,13-14H2,1H3/t22-/m0/s1. The lowest BCUT2D eigenvalue weighted by molar-refractivity contribution is 0.0685. The number of ether oxygens (including phenoxy) is 1. The molecule has 0 saturated heterocycles. The number of carbonyl (C=O) groups excluding carboxylic acids is 1. The van der Waals surface area contributed by atoms with Crippen LogP contribution in [0.5, 0.6) is 11.5 Å². The van der Waals surface area contributed by atoms with E-state index in [9.17, 15) is 9.90 Å². The van der Waals surface area contributed by atoms with Crippen molar-refractivity contribution >= 4 is 11.6 Å². The summed E-state index contributed by atoms with van der Waals surface area (Å²) in [6.45, 7) is 0.567. The molecule has 5 heteroatoms. The first kappa shape index (κ1) is 17.9. The third-order valence-electron chi connectivity index (χ3n) is 5.03. The van der Waals surface area contributed by atoms with Gasteiger partial charge < -0.3 is 20.1 Å². The maximum Gasteiger partial charge on any atom is 0.257 e. The molecule has 5 nitrogen and oxygen atoms in total. The second-order valence-electron chi connectivity index (χ2n) is 6.76. The van der Waals surface area contributed by atoms with Gasteiger partial charge >= 0.3 is 0 Å². The van der Waals surface area contributed by atoms with Gasteiger partial charge in [0.1, 0.15) is 6.17 Å². The number of fused-ring (bicyclic) bond motifs is 1. The number of benzene rings is 3. The van der Waals surface area contributed by atoms with Gasteiger partial charge in [0.2, 0.25) is 0 Å². The number of phenols is 1. The maximum atomic E-state index is 13.2. The van der Waals surface area contributed by atoms with Gasteiger partial charge in [0.15, 0.2) is 11.5 Å². The largest absolute Gasteiger partial charge is 0.504 e. The van der Waals surface area contributed by atoms with Crippen LogP contribution >= 0.6 is 0 Å². The molecule has 3 aromatic rings. The number of para-hydroxylation sites is 1. The Labute approximate surface area is 164 Å². The van der Waals surface area contributed by atoms with Gasteiger partial charge in [0.05, 0.1) is 12.7 Å². The second-order valence-corrected chi connectivity index (χ2v) is 6.76. The first-order valence-electron chi connectivity index (χ1n) is 9.25. The van der Waals surface area contributed by atoms with Gasteiger partial charge in [-0.2, -0.15) is 0 Å². The SMILES string of the molecule is COc1cc([C@H]2Nc3ccccc3C(=O)N2CCc2ccccc2)ccc1O. The monoisotopic (exact) mass is 374 g/mol. The first-order valence-corrected chi connectivity index (χ1v) is 9.25. The van der Waals surface area contributed by atoms with Gasteiger partial charge in [0.25, 0.3) is 5.91 Å². The van der Waals surface area contributed by atoms with Gasteiger partial charge in [-0.1, -0.05) is 48.5 Å². The number of rotatable bonds is 5. The number of methoxy groups -OCH3 is 1. The number of hydrogen-bond acceptors (Lipinski definition) is 4. The van der Waals surface area contributed by atoms with E-state index in [1.807, 2.05) is 53.4 Å². The Hall–Kier alpha value is -3.47. The minimum atomic E-state index is -0.347. The molecule has 0 aliphatic carbocycles. The minimum Gasteiger partial charge on any atom is -0.504 e. The lowest BCUT2D eigenvalue weighted by atomic mass is 10.0. The highest BCUT2D eigenvalue weighted by molar-refractivity contribution is 6.01. The third-order valence-corrected chi connectivity index (χ3v) is 5.03. The van der Waals surface area contributed by atoms with E-state index in [4.69, 9.17) is 4.74 Å². The number of nitrogens with one attached hydrogen (secondary N) is 1. The quantitative estimate of drug-likeness (QED) is 0.702. The number of nitrogens with zero attached hydrogens (tertiary/aromatic N) is 1. The van der Waals surface area contributed by atoms with Crippen LogP contribution in [-0.2, 0) is 6.42 Å². The average Bonchev–Trinajstić information content (AvgIpc) is 2.74. The summed E-state index contributed by atoms with van der Waals surface area (Å²) in [5, 5.41) is 13.4. The summed E-state index contributed by atoms with van der Waals surface area (Å²) in [5.41, 5.74) is 3.50. The van der Waals surface area contributed by atoms with Crippen molar-refractivity contribution in [3.05, 3.63) is 89.5 Å². The van der Waals surface area contributed by atoms with E-state index in [1.54, 1.807) is 12.1 Å². The van der Waals surface area contributed by atoms with E-state index >= 15 is 0 Å². The molecule has 142 valence electrons. The molecule has 1 atom stereocenters. The molecular formula is C23H22N2O3. The molecule has 1 aliphatic rings. The number of phenolic OH excluding ortho intramolecular Hbond substituents is 1. The molecule has 3 aromatic carbocycles. The molecule has 0 saturated carbocycles. The van der Waals surface area contributed by atoms with Crippen molar-refractivity contribution in [2.45, 2.75) is 12.6 Å². The Kier molecular flexibility index (Phi) is 4.89. The first-order chi connectivity index (χ1) is 13.7. The maximum absolute atomic E-state index is 13.2. The summed E-state index contributed by atoms with van der Waals surface area (Å²) in [5.74, 6) is 0.445. The zero-order chi connectivity index (χ0) is 19.5. The van der Waals surface area contributed by atoms with E-state index in [-0.39, 0.29) is 17.8 Å². The molecule has 1 aliphatic heterocycles. The van der Waals surface area contributed by atoms with Crippen molar-refractivity contribution in [2.24, 2.45) is 0 Å². The summed E-state index contributed by atoms with van der Waals surface area (Å²) >= 11 is 0. The van der Waals surface area contributed by atoms with Crippen LogP contribution in [0.25, 0.3) is 0 Å². The summed E-state index contributed by atoms with van der Waals surface area (Å²) in [7, 11) is 1.51. The number of amides is 1. The number of aromatic hydroxyl groups is 1. The summed E-state index contributed by atoms with van der Waals surface area (Å²) in [6.07, 6.45) is 0.405. The number of carbonyl (C=O) groups is 1. The molecule has 2 N–H and O–H groups in total. The topological polar surface area (TPSA) is 61.8 Å². The van der Waals surface area contributed by atoms with E-state index in [0.29, 0.717) is 17.9 Å². The van der Waals surface area contributed by atoms with E-state index in [0.717, 1.165) is 17.7 Å². The molecule has 0 spiro atoms. The van der Waals surface area contributed by atoms with E-state index in [1.165, 1.54) is 12.7 Å². The van der Waals surface area contributed by atoms with Crippen molar-refractivity contribution < 1.29 is 14.6 Å². The number of hydrogen-bond donors (Lipinski definition) is 2. The predicted molar refractivity (Wildman–Crippen MR) is 109 cm³/mol. The van der Waals surface area contributed by atoms with Crippen molar-refractivity contribution in [3.8, 4) is 11.5 Å². The fourth-order valence-corrected chi connectivity index (χ4v) is 3.55. The zero-order valence-electron chi connectivity index (χ0n) is 15.6. The lowest BCUT2D eigenvalue weighted by Crippen LogP contribution is -2.44. The van der Waals surface area contributed by atoms with Crippen LogP contribution in [0.1, 0.15) is 27.7 Å². The Morgan fingerprint density at radius 3 is 2.57 bits per heavy atom. The molecule has 0 radical (unpaired) electrons. The van der Waals surface area contributed by atoms with Crippen molar-refractivity contribution in [2.75, 3.05) is 19.0 Å². The van der Waals surface area contributed by atoms with Gasteiger partial charge in [-0.25, -0.2) is 0 Å². The fourth-order valence-electron chi connectivity index (χ4n) is 3.55. The van der Waals surface area contributed by atoms with Crippen molar-refractivity contribution in [3.63, 3.8) is 0 Å². The summed E-state index contributed by atoms with van der Waals surface area (Å²) in [4.78, 5) is 15.1. The third kappa shape index (κ3) is 3.39. The highest BCUT2D eigenvalue weighted by Gasteiger charge is 2.32. The Balaban J connectivity index is 1.69. The van der Waals surface area contributed by atoms with Crippen LogP contribution < -0.4 is 10.1 Å². The Morgan fingerprint density at radius 1 is 1.04 bits per heavy atom. The zero-order valence-corrected chi connectivity index (χ0v) is 15.6. The van der Waals surface area contributed by atoms with Crippen LogP contribution in [0.15, 0.2) is 72.8 Å². The minimum absolute atomic E-state index is 0.0117. The normalized spacial score (nSPS) is 15.7. The molecule has 0 fully saturated rings. The Bertz CT molecular complexity index is 988. The van der Waals surface area contributed by atoms with Crippen LogP contribution in [0.3, 0.4) is 0 Å². The summed E-state index contributed by atoms with van der Waals surface area (Å²) < 4.78 is 5.26. The lowest BCUT2D eigenvalue weighted by Gasteiger charge is -2.38. The number of anilines is 1. The summed E-state index contributed by atoms with van der Waals surface area (Å²) in [6, 6.07) is 22.8. The van der Waals surface area contributed by atoms with Crippen LogP contribution in [0.4, 0.5) is 5.69 Å². The van der Waals surface area contributed by atoms with E-state index in [2.05, 4.69) is 17.4 Å². The fraction of sp³-hybridized carbons (Fsp3) is 0.174. The molecule has 1 amide bonds. The highest BCUT2D eigenvalue weighted by atomic mass is 16.5. The molecule has 0 bridgehead atoms. The van der Waals surface area contributed by atoms with Gasteiger partial charge in [-0.3, -0.25) is 4.79 Å². The van der Waals surface area contributed by atoms with Crippen LogP contribution in [0.2, 0.25) is 0 Å². The van der Waals surface area contributed by atoms with Gasteiger partial charge in [0, 0.05) is 12.2 Å².